The second kappa shape index (κ2) is 4.04. The molecule has 12 heavy (non-hydrogen) atoms. The second-order valence-electron chi connectivity index (χ2n) is 4.03. The molecule has 0 bridgehead atoms. The number of Topliss-reactive ketones (excluding diaryl/α,β-unsaturated/α-hetero) is 1. The van der Waals surface area contributed by atoms with Gasteiger partial charge in [0.25, 0.3) is 0 Å². The van der Waals surface area contributed by atoms with Gasteiger partial charge in [-0.25, -0.2) is 0 Å². The molecule has 0 saturated heterocycles. The van der Waals surface area contributed by atoms with Crippen molar-refractivity contribution in [1.29, 1.82) is 0 Å². The SMILES string of the molecule is CCCCC(=O)CC1(N)CCC1. The van der Waals surface area contributed by atoms with Crippen molar-refractivity contribution in [3.05, 3.63) is 0 Å². The summed E-state index contributed by atoms with van der Waals surface area (Å²) in [6.45, 7) is 2.11. The number of hydrogen-bond donors (Lipinski definition) is 1. The van der Waals surface area contributed by atoms with Crippen molar-refractivity contribution in [3.8, 4) is 0 Å². The molecule has 2 heteroatoms. The first-order chi connectivity index (χ1) is 5.66. The maximum atomic E-state index is 11.3. The van der Waals surface area contributed by atoms with E-state index in [4.69, 9.17) is 5.73 Å². The molecule has 1 aliphatic rings. The van der Waals surface area contributed by atoms with E-state index in [0.29, 0.717) is 12.2 Å². The molecule has 0 atom stereocenters. The minimum absolute atomic E-state index is 0.106. The summed E-state index contributed by atoms with van der Waals surface area (Å²) >= 11 is 0. The summed E-state index contributed by atoms with van der Waals surface area (Å²) in [7, 11) is 0. The Labute approximate surface area is 74.5 Å². The number of ketones is 1. The van der Waals surface area contributed by atoms with Crippen LogP contribution in [0, 0.1) is 0 Å². The largest absolute Gasteiger partial charge is 0.325 e. The molecule has 0 aliphatic heterocycles. The molecule has 1 rings (SSSR count). The van der Waals surface area contributed by atoms with Gasteiger partial charge in [0.05, 0.1) is 0 Å². The summed E-state index contributed by atoms with van der Waals surface area (Å²) in [5, 5.41) is 0. The fourth-order valence-electron chi connectivity index (χ4n) is 1.66. The highest BCUT2D eigenvalue weighted by Crippen LogP contribution is 2.32. The van der Waals surface area contributed by atoms with Gasteiger partial charge in [-0.2, -0.15) is 0 Å². The Balaban J connectivity index is 2.16. The minimum atomic E-state index is -0.106. The summed E-state index contributed by atoms with van der Waals surface area (Å²) < 4.78 is 0. The lowest BCUT2D eigenvalue weighted by Gasteiger charge is -2.37. The summed E-state index contributed by atoms with van der Waals surface area (Å²) in [4.78, 5) is 11.3. The maximum Gasteiger partial charge on any atom is 0.134 e. The lowest BCUT2D eigenvalue weighted by atomic mass is 9.74. The topological polar surface area (TPSA) is 43.1 Å². The summed E-state index contributed by atoms with van der Waals surface area (Å²) in [5.74, 6) is 0.360. The number of carbonyl (C=O) groups excluding carboxylic acids is 1. The molecule has 0 aromatic carbocycles. The van der Waals surface area contributed by atoms with Gasteiger partial charge < -0.3 is 5.73 Å². The zero-order valence-corrected chi connectivity index (χ0v) is 7.94. The molecule has 70 valence electrons. The molecule has 2 N–H and O–H groups in total. The lowest BCUT2D eigenvalue weighted by Crippen LogP contribution is -2.48. The Morgan fingerprint density at radius 3 is 2.58 bits per heavy atom. The molecule has 1 aliphatic carbocycles. The van der Waals surface area contributed by atoms with Gasteiger partial charge in [0.2, 0.25) is 0 Å². The third kappa shape index (κ3) is 2.59. The van der Waals surface area contributed by atoms with E-state index in [1.54, 1.807) is 0 Å². The van der Waals surface area contributed by atoms with Gasteiger partial charge >= 0.3 is 0 Å². The molecule has 0 spiro atoms. The van der Waals surface area contributed by atoms with E-state index in [-0.39, 0.29) is 5.54 Å². The third-order valence-corrected chi connectivity index (χ3v) is 2.71. The van der Waals surface area contributed by atoms with Crippen molar-refractivity contribution >= 4 is 5.78 Å². The quantitative estimate of drug-likeness (QED) is 0.684. The highest BCUT2D eigenvalue weighted by molar-refractivity contribution is 5.79. The van der Waals surface area contributed by atoms with Crippen molar-refractivity contribution in [2.75, 3.05) is 0 Å². The molecule has 0 unspecified atom stereocenters. The monoisotopic (exact) mass is 169 g/mol. The Morgan fingerprint density at radius 1 is 1.50 bits per heavy atom. The van der Waals surface area contributed by atoms with Gasteiger partial charge in [0.15, 0.2) is 0 Å². The Morgan fingerprint density at radius 2 is 2.17 bits per heavy atom. The normalized spacial score (nSPS) is 20.2. The zero-order valence-electron chi connectivity index (χ0n) is 7.94. The Kier molecular flexibility index (Phi) is 3.27. The molecule has 0 heterocycles. The van der Waals surface area contributed by atoms with Crippen LogP contribution in [0.1, 0.15) is 51.9 Å². The smallest absolute Gasteiger partial charge is 0.134 e. The van der Waals surface area contributed by atoms with Crippen LogP contribution in [-0.2, 0) is 4.79 Å². The van der Waals surface area contributed by atoms with E-state index >= 15 is 0 Å². The third-order valence-electron chi connectivity index (χ3n) is 2.71. The minimum Gasteiger partial charge on any atom is -0.325 e. The highest BCUT2D eigenvalue weighted by atomic mass is 16.1. The molecule has 0 radical (unpaired) electrons. The summed E-state index contributed by atoms with van der Waals surface area (Å²) in [6, 6.07) is 0. The first kappa shape index (κ1) is 9.72. The van der Waals surface area contributed by atoms with Crippen LogP contribution in [0.2, 0.25) is 0 Å². The number of nitrogens with two attached hydrogens (primary N) is 1. The van der Waals surface area contributed by atoms with Gasteiger partial charge in [-0.3, -0.25) is 4.79 Å². The van der Waals surface area contributed by atoms with E-state index in [0.717, 1.165) is 32.1 Å². The standard InChI is InChI=1S/C10H19NO/c1-2-3-5-9(12)8-10(11)6-4-7-10/h2-8,11H2,1H3. The van der Waals surface area contributed by atoms with Gasteiger partial charge in [0, 0.05) is 18.4 Å². The summed E-state index contributed by atoms with van der Waals surface area (Å²) in [6.07, 6.45) is 6.77. The van der Waals surface area contributed by atoms with E-state index in [1.165, 1.54) is 6.42 Å². The van der Waals surface area contributed by atoms with Crippen LogP contribution < -0.4 is 5.73 Å². The molecule has 1 fully saturated rings. The van der Waals surface area contributed by atoms with E-state index < -0.39 is 0 Å². The molecule has 0 aromatic heterocycles. The predicted molar refractivity (Wildman–Crippen MR) is 49.9 cm³/mol. The molecule has 0 aromatic rings. The molecule has 2 nitrogen and oxygen atoms in total. The fraction of sp³-hybridized carbons (Fsp3) is 0.900. The maximum absolute atomic E-state index is 11.3. The number of rotatable bonds is 5. The van der Waals surface area contributed by atoms with Crippen molar-refractivity contribution in [2.45, 2.75) is 57.4 Å². The van der Waals surface area contributed by atoms with Crippen LogP contribution in [0.5, 0.6) is 0 Å². The zero-order chi connectivity index (χ0) is 9.03. The molecule has 1 saturated carbocycles. The van der Waals surface area contributed by atoms with Gasteiger partial charge in [0.1, 0.15) is 5.78 Å². The fourth-order valence-corrected chi connectivity index (χ4v) is 1.66. The first-order valence-corrected chi connectivity index (χ1v) is 4.97. The van der Waals surface area contributed by atoms with Gasteiger partial charge in [-0.1, -0.05) is 13.3 Å². The average molecular weight is 169 g/mol. The number of hydrogen-bond acceptors (Lipinski definition) is 2. The average Bonchev–Trinajstić information content (AvgIpc) is 1.98. The van der Waals surface area contributed by atoms with Crippen LogP contribution in [0.4, 0.5) is 0 Å². The van der Waals surface area contributed by atoms with Crippen molar-refractivity contribution < 1.29 is 4.79 Å². The van der Waals surface area contributed by atoms with Crippen LogP contribution in [-0.4, -0.2) is 11.3 Å². The van der Waals surface area contributed by atoms with Crippen molar-refractivity contribution in [3.63, 3.8) is 0 Å². The summed E-state index contributed by atoms with van der Waals surface area (Å²) in [5.41, 5.74) is 5.85. The number of unbranched alkanes of at least 4 members (excludes halogenated alkanes) is 1. The van der Waals surface area contributed by atoms with Crippen molar-refractivity contribution in [1.82, 2.24) is 0 Å². The molecular formula is C10H19NO. The number of carbonyl (C=O) groups is 1. The highest BCUT2D eigenvalue weighted by Gasteiger charge is 2.33. The van der Waals surface area contributed by atoms with E-state index in [2.05, 4.69) is 6.92 Å². The van der Waals surface area contributed by atoms with Gasteiger partial charge in [-0.15, -0.1) is 0 Å². The van der Waals surface area contributed by atoms with E-state index in [9.17, 15) is 4.79 Å². The molecule has 0 amide bonds. The van der Waals surface area contributed by atoms with Crippen LogP contribution in [0.25, 0.3) is 0 Å². The first-order valence-electron chi connectivity index (χ1n) is 4.97. The van der Waals surface area contributed by atoms with Crippen LogP contribution >= 0.6 is 0 Å². The Bertz CT molecular complexity index is 161. The van der Waals surface area contributed by atoms with Crippen molar-refractivity contribution in [2.24, 2.45) is 5.73 Å². The van der Waals surface area contributed by atoms with Crippen LogP contribution in [0.3, 0.4) is 0 Å². The predicted octanol–water partition coefficient (Wildman–Crippen LogP) is 2.02. The van der Waals surface area contributed by atoms with Gasteiger partial charge in [-0.05, 0) is 25.7 Å². The molecular weight excluding hydrogens is 150 g/mol. The lowest BCUT2D eigenvalue weighted by molar-refractivity contribution is -0.121. The second-order valence-corrected chi connectivity index (χ2v) is 4.03. The van der Waals surface area contributed by atoms with E-state index in [1.807, 2.05) is 0 Å². The Hall–Kier alpha value is -0.370. The van der Waals surface area contributed by atoms with Crippen LogP contribution in [0.15, 0.2) is 0 Å².